The summed E-state index contributed by atoms with van der Waals surface area (Å²) in [4.78, 5) is 26.4. The molecule has 0 unspecified atom stereocenters. The van der Waals surface area contributed by atoms with Gasteiger partial charge in [-0.05, 0) is 30.7 Å². The SMILES string of the molecule is Cc1nccn1-c1ccc(CNC(=O)c2ccc([N+](=O)[O-])cc2Cl)cc1F. The molecule has 0 aliphatic rings. The van der Waals surface area contributed by atoms with Gasteiger partial charge in [0, 0.05) is 31.1 Å². The highest BCUT2D eigenvalue weighted by Gasteiger charge is 2.15. The van der Waals surface area contributed by atoms with Crippen molar-refractivity contribution in [2.45, 2.75) is 13.5 Å². The molecule has 2 aromatic carbocycles. The first-order valence-electron chi connectivity index (χ1n) is 7.87. The monoisotopic (exact) mass is 388 g/mol. The maximum Gasteiger partial charge on any atom is 0.270 e. The standard InChI is InChI=1S/C18H14ClFN4O3/c1-11-21-6-7-23(11)17-5-2-12(8-16(17)20)10-22-18(25)14-4-3-13(24(26)27)9-15(14)19/h2-9H,10H2,1H3,(H,22,25). The lowest BCUT2D eigenvalue weighted by atomic mass is 10.1. The fourth-order valence-corrected chi connectivity index (χ4v) is 2.83. The molecule has 1 N–H and O–H groups in total. The molecule has 0 radical (unpaired) electrons. The van der Waals surface area contributed by atoms with E-state index < -0.39 is 16.6 Å². The van der Waals surface area contributed by atoms with Gasteiger partial charge in [-0.25, -0.2) is 9.37 Å². The third-order valence-electron chi connectivity index (χ3n) is 3.96. The zero-order valence-corrected chi connectivity index (χ0v) is 14.9. The minimum absolute atomic E-state index is 0.0289. The normalized spacial score (nSPS) is 10.6. The number of imidazole rings is 1. The summed E-state index contributed by atoms with van der Waals surface area (Å²) in [6.07, 6.45) is 3.24. The molecule has 0 spiro atoms. The van der Waals surface area contributed by atoms with Crippen LogP contribution in [0.3, 0.4) is 0 Å². The Labute approximate surface area is 158 Å². The number of amides is 1. The summed E-state index contributed by atoms with van der Waals surface area (Å²) >= 11 is 5.93. The molecular formula is C18H14ClFN4O3. The number of hydrogen-bond acceptors (Lipinski definition) is 4. The first-order chi connectivity index (χ1) is 12.9. The van der Waals surface area contributed by atoms with Crippen LogP contribution in [0.4, 0.5) is 10.1 Å². The molecule has 3 aromatic rings. The van der Waals surface area contributed by atoms with E-state index >= 15 is 0 Å². The number of non-ortho nitro benzene ring substituents is 1. The van der Waals surface area contributed by atoms with Crippen molar-refractivity contribution in [2.24, 2.45) is 0 Å². The molecule has 0 saturated carbocycles. The van der Waals surface area contributed by atoms with Gasteiger partial charge in [-0.3, -0.25) is 14.9 Å². The molecule has 0 aliphatic carbocycles. The van der Waals surface area contributed by atoms with Gasteiger partial charge < -0.3 is 9.88 Å². The van der Waals surface area contributed by atoms with Crippen molar-refractivity contribution in [1.29, 1.82) is 0 Å². The van der Waals surface area contributed by atoms with Crippen LogP contribution in [-0.4, -0.2) is 20.4 Å². The molecule has 0 saturated heterocycles. The number of aryl methyl sites for hydroxylation is 1. The Morgan fingerprint density at radius 3 is 2.70 bits per heavy atom. The van der Waals surface area contributed by atoms with Crippen molar-refractivity contribution < 1.29 is 14.1 Å². The van der Waals surface area contributed by atoms with Crippen LogP contribution >= 0.6 is 11.6 Å². The van der Waals surface area contributed by atoms with Gasteiger partial charge >= 0.3 is 0 Å². The number of halogens is 2. The number of nitrogens with zero attached hydrogens (tertiary/aromatic N) is 3. The minimum atomic E-state index is -0.597. The maximum atomic E-state index is 14.4. The number of hydrogen-bond donors (Lipinski definition) is 1. The predicted octanol–water partition coefficient (Wildman–Crippen LogP) is 3.81. The van der Waals surface area contributed by atoms with Crippen LogP contribution in [0.2, 0.25) is 5.02 Å². The van der Waals surface area contributed by atoms with E-state index in [9.17, 15) is 19.3 Å². The topological polar surface area (TPSA) is 90.1 Å². The third kappa shape index (κ3) is 3.95. The van der Waals surface area contributed by atoms with E-state index in [0.29, 0.717) is 17.1 Å². The lowest BCUT2D eigenvalue weighted by molar-refractivity contribution is -0.384. The summed E-state index contributed by atoms with van der Waals surface area (Å²) in [5.41, 5.74) is 0.816. The number of aromatic nitrogens is 2. The molecular weight excluding hydrogens is 375 g/mol. The number of nitro benzene ring substituents is 1. The molecule has 0 fully saturated rings. The Bertz CT molecular complexity index is 1040. The highest BCUT2D eigenvalue weighted by Crippen LogP contribution is 2.22. The van der Waals surface area contributed by atoms with E-state index in [1.807, 2.05) is 0 Å². The summed E-state index contributed by atoms with van der Waals surface area (Å²) < 4.78 is 16.0. The second kappa shape index (κ2) is 7.55. The molecule has 7 nitrogen and oxygen atoms in total. The Hall–Kier alpha value is -3.26. The van der Waals surface area contributed by atoms with Crippen LogP contribution in [-0.2, 0) is 6.54 Å². The number of rotatable bonds is 5. The maximum absolute atomic E-state index is 14.4. The van der Waals surface area contributed by atoms with Gasteiger partial charge in [0.15, 0.2) is 0 Å². The first kappa shape index (κ1) is 18.5. The van der Waals surface area contributed by atoms with Gasteiger partial charge in [-0.15, -0.1) is 0 Å². The summed E-state index contributed by atoms with van der Waals surface area (Å²) in [6, 6.07) is 8.20. The van der Waals surface area contributed by atoms with Crippen molar-refractivity contribution >= 4 is 23.2 Å². The average molecular weight is 389 g/mol. The Balaban J connectivity index is 1.72. The number of carbonyl (C=O) groups excluding carboxylic acids is 1. The van der Waals surface area contributed by atoms with Crippen molar-refractivity contribution in [3.05, 3.63) is 86.7 Å². The van der Waals surface area contributed by atoms with Crippen LogP contribution in [0.1, 0.15) is 21.7 Å². The summed E-state index contributed by atoms with van der Waals surface area (Å²) in [5.74, 6) is -0.302. The minimum Gasteiger partial charge on any atom is -0.348 e. The van der Waals surface area contributed by atoms with Gasteiger partial charge in [0.05, 0.1) is 21.2 Å². The van der Waals surface area contributed by atoms with Crippen LogP contribution in [0.5, 0.6) is 0 Å². The molecule has 0 aliphatic heterocycles. The summed E-state index contributed by atoms with van der Waals surface area (Å²) in [5, 5.41) is 13.3. The highest BCUT2D eigenvalue weighted by molar-refractivity contribution is 6.34. The zero-order valence-electron chi connectivity index (χ0n) is 14.1. The molecule has 9 heteroatoms. The van der Waals surface area contributed by atoms with Gasteiger partial charge in [0.1, 0.15) is 11.6 Å². The third-order valence-corrected chi connectivity index (χ3v) is 4.27. The van der Waals surface area contributed by atoms with E-state index in [4.69, 9.17) is 11.6 Å². The van der Waals surface area contributed by atoms with Gasteiger partial charge in [0.25, 0.3) is 11.6 Å². The van der Waals surface area contributed by atoms with Crippen LogP contribution in [0.25, 0.3) is 5.69 Å². The van der Waals surface area contributed by atoms with Crippen molar-refractivity contribution in [2.75, 3.05) is 0 Å². The average Bonchev–Trinajstić information content (AvgIpc) is 3.05. The summed E-state index contributed by atoms with van der Waals surface area (Å²) in [6.45, 7) is 1.84. The van der Waals surface area contributed by atoms with Crippen LogP contribution in [0.15, 0.2) is 48.8 Å². The quantitative estimate of drug-likeness (QED) is 0.531. The van der Waals surface area contributed by atoms with Crippen LogP contribution in [0, 0.1) is 22.9 Å². The molecule has 1 aromatic heterocycles. The molecule has 1 heterocycles. The largest absolute Gasteiger partial charge is 0.348 e. The van der Waals surface area contributed by atoms with E-state index in [2.05, 4.69) is 10.3 Å². The van der Waals surface area contributed by atoms with Gasteiger partial charge in [-0.2, -0.15) is 0 Å². The van der Waals surface area contributed by atoms with E-state index in [1.165, 1.54) is 18.2 Å². The van der Waals surface area contributed by atoms with E-state index in [1.54, 1.807) is 36.0 Å². The molecule has 1 amide bonds. The van der Waals surface area contributed by atoms with Crippen LogP contribution < -0.4 is 5.32 Å². The highest BCUT2D eigenvalue weighted by atomic mass is 35.5. The summed E-state index contributed by atoms with van der Waals surface area (Å²) in [7, 11) is 0. The van der Waals surface area contributed by atoms with Crippen molar-refractivity contribution in [3.8, 4) is 5.69 Å². The second-order valence-corrected chi connectivity index (χ2v) is 6.14. The lowest BCUT2D eigenvalue weighted by Gasteiger charge is -2.10. The Morgan fingerprint density at radius 2 is 2.11 bits per heavy atom. The first-order valence-corrected chi connectivity index (χ1v) is 8.25. The van der Waals surface area contributed by atoms with Gasteiger partial charge in [-0.1, -0.05) is 17.7 Å². The molecule has 138 valence electrons. The Kier molecular flexibility index (Phi) is 5.18. The number of nitrogens with one attached hydrogen (secondary N) is 1. The fourth-order valence-electron chi connectivity index (χ4n) is 2.57. The zero-order chi connectivity index (χ0) is 19.6. The van der Waals surface area contributed by atoms with Crippen molar-refractivity contribution in [1.82, 2.24) is 14.9 Å². The Morgan fingerprint density at radius 1 is 1.33 bits per heavy atom. The predicted molar refractivity (Wildman–Crippen MR) is 97.5 cm³/mol. The van der Waals surface area contributed by atoms with Crippen molar-refractivity contribution in [3.63, 3.8) is 0 Å². The van der Waals surface area contributed by atoms with Gasteiger partial charge in [0.2, 0.25) is 0 Å². The smallest absolute Gasteiger partial charge is 0.270 e. The lowest BCUT2D eigenvalue weighted by Crippen LogP contribution is -2.23. The number of carbonyl (C=O) groups is 1. The molecule has 3 rings (SSSR count). The molecule has 27 heavy (non-hydrogen) atoms. The molecule has 0 bridgehead atoms. The van der Waals surface area contributed by atoms with E-state index in [0.717, 1.165) is 6.07 Å². The molecule has 0 atom stereocenters. The number of benzene rings is 2. The van der Waals surface area contributed by atoms with E-state index in [-0.39, 0.29) is 22.8 Å². The number of nitro groups is 1. The fraction of sp³-hybridized carbons (Fsp3) is 0.111. The second-order valence-electron chi connectivity index (χ2n) is 5.73.